The molecule has 32 heavy (non-hydrogen) atoms. The van der Waals surface area contributed by atoms with Gasteiger partial charge in [-0.05, 0) is 30.9 Å². The molecule has 2 aromatic rings. The van der Waals surface area contributed by atoms with Gasteiger partial charge in [-0.3, -0.25) is 9.59 Å². The average Bonchev–Trinajstić information content (AvgIpc) is 3.38. The molecule has 0 spiro atoms. The van der Waals surface area contributed by atoms with Gasteiger partial charge in [0.25, 0.3) is 0 Å². The Bertz CT molecular complexity index is 959. The van der Waals surface area contributed by atoms with Gasteiger partial charge in [0.2, 0.25) is 11.8 Å². The van der Waals surface area contributed by atoms with Crippen LogP contribution in [0.3, 0.4) is 0 Å². The predicted octanol–water partition coefficient (Wildman–Crippen LogP) is 0.795. The Labute approximate surface area is 186 Å². The Morgan fingerprint density at radius 3 is 2.75 bits per heavy atom. The number of carbonyl (C=O) groups is 3. The third kappa shape index (κ3) is 5.92. The lowest BCUT2D eigenvalue weighted by Gasteiger charge is -2.19. The number of hydrogen-bond donors (Lipinski definition) is 2. The minimum atomic E-state index is -0.688. The quantitative estimate of drug-likeness (QED) is 0.384. The Kier molecular flexibility index (Phi) is 7.96. The van der Waals surface area contributed by atoms with Crippen LogP contribution < -0.4 is 10.6 Å². The Balaban J connectivity index is 1.53. The molecule has 174 valence electrons. The van der Waals surface area contributed by atoms with Crippen LogP contribution in [0.5, 0.6) is 0 Å². The summed E-state index contributed by atoms with van der Waals surface area (Å²) >= 11 is 0. The van der Waals surface area contributed by atoms with Crippen LogP contribution in [0.4, 0.5) is 5.82 Å². The summed E-state index contributed by atoms with van der Waals surface area (Å²) in [5, 5.41) is 18.7. The van der Waals surface area contributed by atoms with Gasteiger partial charge in [-0.25, -0.2) is 4.79 Å². The molecule has 1 aliphatic rings. The van der Waals surface area contributed by atoms with E-state index < -0.39 is 12.0 Å². The first-order chi connectivity index (χ1) is 15.4. The summed E-state index contributed by atoms with van der Waals surface area (Å²) in [5.41, 5.74) is 0.586. The summed E-state index contributed by atoms with van der Waals surface area (Å²) in [6.45, 7) is 5.96. The SMILES string of the molecule is COC(=O)[C@H](NC(=O)CCc1nnc2ccc(NCCCN3CCCC3=O)nn12)C(C)C. The number of anilines is 1. The zero-order valence-electron chi connectivity index (χ0n) is 18.8. The van der Waals surface area contributed by atoms with Crippen LogP contribution in [0.25, 0.3) is 5.65 Å². The number of hydrogen-bond acceptors (Lipinski definition) is 8. The number of carbonyl (C=O) groups excluding carboxylic acids is 3. The van der Waals surface area contributed by atoms with E-state index in [2.05, 4.69) is 25.9 Å². The molecule has 2 N–H and O–H groups in total. The van der Waals surface area contributed by atoms with Gasteiger partial charge < -0.3 is 20.3 Å². The molecule has 0 aliphatic carbocycles. The fourth-order valence-corrected chi connectivity index (χ4v) is 3.61. The molecule has 0 aromatic carbocycles. The van der Waals surface area contributed by atoms with Crippen LogP contribution in [0.15, 0.2) is 12.1 Å². The minimum absolute atomic E-state index is 0.0841. The average molecular weight is 446 g/mol. The van der Waals surface area contributed by atoms with Crippen molar-refractivity contribution in [1.29, 1.82) is 0 Å². The van der Waals surface area contributed by atoms with Crippen molar-refractivity contribution in [2.45, 2.75) is 52.0 Å². The van der Waals surface area contributed by atoms with Gasteiger partial charge in [0.15, 0.2) is 11.5 Å². The highest BCUT2D eigenvalue weighted by molar-refractivity contribution is 5.84. The number of fused-ring (bicyclic) bond motifs is 1. The molecule has 11 nitrogen and oxygen atoms in total. The number of amides is 2. The van der Waals surface area contributed by atoms with Gasteiger partial charge in [0, 0.05) is 38.9 Å². The number of rotatable bonds is 11. The normalized spacial score (nSPS) is 14.8. The highest BCUT2D eigenvalue weighted by atomic mass is 16.5. The van der Waals surface area contributed by atoms with E-state index in [0.29, 0.717) is 36.7 Å². The lowest BCUT2D eigenvalue weighted by molar-refractivity contribution is -0.146. The highest BCUT2D eigenvalue weighted by Gasteiger charge is 2.25. The van der Waals surface area contributed by atoms with E-state index in [0.717, 1.165) is 25.9 Å². The zero-order valence-corrected chi connectivity index (χ0v) is 18.8. The number of aromatic nitrogens is 4. The third-order valence-electron chi connectivity index (χ3n) is 5.42. The van der Waals surface area contributed by atoms with E-state index in [9.17, 15) is 14.4 Å². The van der Waals surface area contributed by atoms with Crippen molar-refractivity contribution in [3.63, 3.8) is 0 Å². The molecule has 11 heteroatoms. The molecular weight excluding hydrogens is 414 g/mol. The smallest absolute Gasteiger partial charge is 0.328 e. The Hall–Kier alpha value is -3.24. The molecule has 0 radical (unpaired) electrons. The number of likely N-dealkylation sites (tertiary alicyclic amines) is 1. The molecule has 2 amide bonds. The van der Waals surface area contributed by atoms with Gasteiger partial charge in [0.05, 0.1) is 7.11 Å². The molecule has 1 fully saturated rings. The minimum Gasteiger partial charge on any atom is -0.467 e. The summed E-state index contributed by atoms with van der Waals surface area (Å²) in [7, 11) is 1.30. The van der Waals surface area contributed by atoms with Crippen molar-refractivity contribution in [2.24, 2.45) is 5.92 Å². The molecule has 2 aromatic heterocycles. The Morgan fingerprint density at radius 2 is 2.06 bits per heavy atom. The Morgan fingerprint density at radius 1 is 1.25 bits per heavy atom. The molecule has 3 rings (SSSR count). The first-order valence-electron chi connectivity index (χ1n) is 11.0. The second kappa shape index (κ2) is 10.9. The maximum absolute atomic E-state index is 12.3. The number of aryl methyl sites for hydroxylation is 1. The maximum atomic E-state index is 12.3. The summed E-state index contributed by atoms with van der Waals surface area (Å²) < 4.78 is 6.36. The van der Waals surface area contributed by atoms with Crippen LogP contribution in [-0.2, 0) is 25.5 Å². The van der Waals surface area contributed by atoms with Gasteiger partial charge in [-0.1, -0.05) is 13.8 Å². The number of nitrogens with zero attached hydrogens (tertiary/aromatic N) is 5. The van der Waals surface area contributed by atoms with Crippen LogP contribution in [-0.4, -0.2) is 75.3 Å². The molecule has 0 unspecified atom stereocenters. The van der Waals surface area contributed by atoms with Crippen LogP contribution in [0, 0.1) is 5.92 Å². The molecule has 0 bridgehead atoms. The van der Waals surface area contributed by atoms with Crippen LogP contribution in [0.1, 0.15) is 45.4 Å². The van der Waals surface area contributed by atoms with Gasteiger partial charge in [-0.15, -0.1) is 15.3 Å². The first kappa shape index (κ1) is 23.4. The first-order valence-corrected chi connectivity index (χ1v) is 11.0. The van der Waals surface area contributed by atoms with Gasteiger partial charge in [-0.2, -0.15) is 4.52 Å². The molecule has 1 aliphatic heterocycles. The molecular formula is C21H31N7O4. The maximum Gasteiger partial charge on any atom is 0.328 e. The number of nitrogens with one attached hydrogen (secondary N) is 2. The monoisotopic (exact) mass is 445 g/mol. The third-order valence-corrected chi connectivity index (χ3v) is 5.42. The van der Waals surface area contributed by atoms with E-state index in [1.54, 1.807) is 4.52 Å². The summed E-state index contributed by atoms with van der Waals surface area (Å²) in [5.74, 6) is 0.638. The summed E-state index contributed by atoms with van der Waals surface area (Å²) in [6, 6.07) is 2.94. The van der Waals surface area contributed by atoms with Gasteiger partial charge in [0.1, 0.15) is 11.9 Å². The molecule has 3 heterocycles. The van der Waals surface area contributed by atoms with E-state index in [1.165, 1.54) is 7.11 Å². The van der Waals surface area contributed by atoms with Crippen molar-refractivity contribution >= 4 is 29.2 Å². The van der Waals surface area contributed by atoms with Gasteiger partial charge >= 0.3 is 5.97 Å². The standard InChI is InChI=1S/C21H31N7O4/c1-14(2)20(21(31)32-3)23-18(29)10-9-17-25-24-16-8-7-15(26-28(16)17)22-11-5-13-27-12-4-6-19(27)30/h7-8,14,20H,4-6,9-13H2,1-3H3,(H,22,26)(H,23,29)/t20-/m1/s1. The number of methoxy groups -OCH3 is 1. The summed E-state index contributed by atoms with van der Waals surface area (Å²) in [4.78, 5) is 37.7. The van der Waals surface area contributed by atoms with Crippen molar-refractivity contribution in [3.8, 4) is 0 Å². The van der Waals surface area contributed by atoms with Crippen molar-refractivity contribution in [3.05, 3.63) is 18.0 Å². The van der Waals surface area contributed by atoms with Crippen LogP contribution >= 0.6 is 0 Å². The van der Waals surface area contributed by atoms with E-state index in [4.69, 9.17) is 4.74 Å². The highest BCUT2D eigenvalue weighted by Crippen LogP contribution is 2.11. The lowest BCUT2D eigenvalue weighted by atomic mass is 10.0. The zero-order chi connectivity index (χ0) is 23.1. The van der Waals surface area contributed by atoms with E-state index in [-0.39, 0.29) is 24.2 Å². The lowest BCUT2D eigenvalue weighted by Crippen LogP contribution is -2.45. The van der Waals surface area contributed by atoms with Crippen molar-refractivity contribution in [1.82, 2.24) is 30.0 Å². The number of esters is 1. The molecule has 0 saturated carbocycles. The predicted molar refractivity (Wildman–Crippen MR) is 117 cm³/mol. The van der Waals surface area contributed by atoms with Crippen LogP contribution in [0.2, 0.25) is 0 Å². The molecule has 1 atom stereocenters. The second-order valence-corrected chi connectivity index (χ2v) is 8.18. The fourth-order valence-electron chi connectivity index (χ4n) is 3.61. The largest absolute Gasteiger partial charge is 0.467 e. The fraction of sp³-hybridized carbons (Fsp3) is 0.619. The van der Waals surface area contributed by atoms with E-state index in [1.807, 2.05) is 30.9 Å². The topological polar surface area (TPSA) is 131 Å². The van der Waals surface area contributed by atoms with Crippen molar-refractivity contribution < 1.29 is 19.1 Å². The van der Waals surface area contributed by atoms with Crippen molar-refractivity contribution in [2.75, 3.05) is 32.1 Å². The second-order valence-electron chi connectivity index (χ2n) is 8.18. The van der Waals surface area contributed by atoms with E-state index >= 15 is 0 Å². The summed E-state index contributed by atoms with van der Waals surface area (Å²) in [6.07, 6.45) is 2.90. The number of ether oxygens (including phenoxy) is 1. The molecule has 1 saturated heterocycles.